The Hall–Kier alpha value is -0.290. The van der Waals surface area contributed by atoms with Crippen LogP contribution in [0.3, 0.4) is 0 Å². The highest BCUT2D eigenvalue weighted by molar-refractivity contribution is 4.87. The molecule has 2 fully saturated rings. The number of hydrogen-bond acceptors (Lipinski definition) is 2. The zero-order valence-corrected chi connectivity index (χ0v) is 10.0. The molecule has 0 saturated heterocycles. The molecule has 2 aliphatic rings. The minimum Gasteiger partial charge on any atom is -0.327 e. The molecule has 0 bridgehead atoms. The van der Waals surface area contributed by atoms with Crippen LogP contribution in [0.15, 0.2) is 0 Å². The van der Waals surface area contributed by atoms with Gasteiger partial charge < -0.3 is 5.73 Å². The van der Waals surface area contributed by atoms with Crippen LogP contribution in [-0.2, 0) is 0 Å². The minimum atomic E-state index is -4.07. The Morgan fingerprint density at radius 1 is 1.12 bits per heavy atom. The van der Waals surface area contributed by atoms with Crippen LogP contribution in [0.1, 0.15) is 38.5 Å². The van der Waals surface area contributed by atoms with Gasteiger partial charge in [0.05, 0.1) is 6.54 Å². The summed E-state index contributed by atoms with van der Waals surface area (Å²) >= 11 is 0. The molecule has 0 aromatic rings. The third-order valence-electron chi connectivity index (χ3n) is 3.95. The van der Waals surface area contributed by atoms with Crippen molar-refractivity contribution in [2.24, 2.45) is 11.7 Å². The predicted molar refractivity (Wildman–Crippen MR) is 60.6 cm³/mol. The topological polar surface area (TPSA) is 29.3 Å². The summed E-state index contributed by atoms with van der Waals surface area (Å²) in [5.41, 5.74) is 5.94. The molecule has 2 nitrogen and oxygen atoms in total. The molecule has 2 rings (SSSR count). The van der Waals surface area contributed by atoms with Gasteiger partial charge in [-0.05, 0) is 44.6 Å². The lowest BCUT2D eigenvalue weighted by Crippen LogP contribution is -2.38. The maximum absolute atomic E-state index is 12.4. The molecular weight excluding hydrogens is 229 g/mol. The van der Waals surface area contributed by atoms with E-state index in [0.717, 1.165) is 38.5 Å². The van der Waals surface area contributed by atoms with Crippen LogP contribution in [0.5, 0.6) is 0 Å². The van der Waals surface area contributed by atoms with Crippen molar-refractivity contribution in [3.05, 3.63) is 0 Å². The van der Waals surface area contributed by atoms with Gasteiger partial charge in [-0.1, -0.05) is 6.42 Å². The molecule has 0 amide bonds. The van der Waals surface area contributed by atoms with Gasteiger partial charge in [0, 0.05) is 12.1 Å². The SMILES string of the molecule is NC1CCCC1CCN(CC(F)(F)F)C1CC1. The molecule has 2 saturated carbocycles. The van der Waals surface area contributed by atoms with Crippen molar-refractivity contribution in [2.75, 3.05) is 13.1 Å². The minimum absolute atomic E-state index is 0.175. The van der Waals surface area contributed by atoms with Crippen LogP contribution >= 0.6 is 0 Å². The zero-order valence-electron chi connectivity index (χ0n) is 10.0. The Kier molecular flexibility index (Phi) is 3.98. The first-order valence-electron chi connectivity index (χ1n) is 6.52. The van der Waals surface area contributed by atoms with Crippen molar-refractivity contribution in [2.45, 2.75) is 56.8 Å². The van der Waals surface area contributed by atoms with Crippen molar-refractivity contribution in [1.82, 2.24) is 4.90 Å². The first-order chi connectivity index (χ1) is 7.96. The Bertz CT molecular complexity index is 251. The van der Waals surface area contributed by atoms with Gasteiger partial charge >= 0.3 is 6.18 Å². The fourth-order valence-corrected chi connectivity index (χ4v) is 2.82. The Labute approximate surface area is 100 Å². The molecule has 0 spiro atoms. The Morgan fingerprint density at radius 3 is 2.29 bits per heavy atom. The van der Waals surface area contributed by atoms with Crippen molar-refractivity contribution < 1.29 is 13.2 Å². The summed E-state index contributed by atoms with van der Waals surface area (Å²) in [6.45, 7) is -0.192. The molecule has 0 aliphatic heterocycles. The van der Waals surface area contributed by atoms with E-state index in [-0.39, 0.29) is 12.1 Å². The van der Waals surface area contributed by atoms with Crippen molar-refractivity contribution in [3.8, 4) is 0 Å². The van der Waals surface area contributed by atoms with E-state index in [9.17, 15) is 13.2 Å². The predicted octanol–water partition coefficient (Wildman–Crippen LogP) is 2.53. The first kappa shape index (κ1) is 13.1. The molecule has 0 radical (unpaired) electrons. The van der Waals surface area contributed by atoms with Gasteiger partial charge in [-0.3, -0.25) is 4.90 Å². The molecule has 2 N–H and O–H groups in total. The third-order valence-corrected chi connectivity index (χ3v) is 3.95. The van der Waals surface area contributed by atoms with E-state index in [2.05, 4.69) is 0 Å². The molecule has 0 aromatic carbocycles. The summed E-state index contributed by atoms with van der Waals surface area (Å²) in [6, 6.07) is 0.385. The summed E-state index contributed by atoms with van der Waals surface area (Å²) in [5, 5.41) is 0. The quantitative estimate of drug-likeness (QED) is 0.812. The van der Waals surface area contributed by atoms with Crippen LogP contribution in [-0.4, -0.2) is 36.2 Å². The van der Waals surface area contributed by atoms with E-state index in [1.165, 1.54) is 0 Å². The summed E-state index contributed by atoms with van der Waals surface area (Å²) in [5.74, 6) is 0.435. The normalized spacial score (nSPS) is 30.2. The lowest BCUT2D eigenvalue weighted by molar-refractivity contribution is -0.147. The number of nitrogens with zero attached hydrogens (tertiary/aromatic N) is 1. The van der Waals surface area contributed by atoms with Gasteiger partial charge in [0.15, 0.2) is 0 Å². The first-order valence-corrected chi connectivity index (χ1v) is 6.52. The molecular formula is C12H21F3N2. The fourth-order valence-electron chi connectivity index (χ4n) is 2.82. The number of alkyl halides is 3. The fraction of sp³-hybridized carbons (Fsp3) is 1.00. The van der Waals surface area contributed by atoms with E-state index < -0.39 is 12.7 Å². The Morgan fingerprint density at radius 2 is 1.82 bits per heavy atom. The highest BCUT2D eigenvalue weighted by Gasteiger charge is 2.38. The summed E-state index contributed by atoms with van der Waals surface area (Å²) in [4.78, 5) is 1.60. The van der Waals surface area contributed by atoms with Crippen molar-refractivity contribution in [3.63, 3.8) is 0 Å². The molecule has 0 heterocycles. The van der Waals surface area contributed by atoms with Gasteiger partial charge in [-0.2, -0.15) is 13.2 Å². The molecule has 2 atom stereocenters. The summed E-state index contributed by atoms with van der Waals surface area (Å²) in [6.07, 6.45) is 1.86. The standard InChI is InChI=1S/C12H21F3N2/c13-12(14,15)8-17(10-4-5-10)7-6-9-2-1-3-11(9)16/h9-11H,1-8,16H2. The molecule has 5 heteroatoms. The van der Waals surface area contributed by atoms with Crippen molar-refractivity contribution >= 4 is 0 Å². The van der Waals surface area contributed by atoms with E-state index in [4.69, 9.17) is 5.73 Å². The lowest BCUT2D eigenvalue weighted by Gasteiger charge is -2.25. The molecule has 2 unspecified atom stereocenters. The second-order valence-electron chi connectivity index (χ2n) is 5.46. The van der Waals surface area contributed by atoms with Gasteiger partial charge in [-0.25, -0.2) is 0 Å². The number of hydrogen-bond donors (Lipinski definition) is 1. The van der Waals surface area contributed by atoms with Gasteiger partial charge in [0.1, 0.15) is 0 Å². The molecule has 2 aliphatic carbocycles. The van der Waals surface area contributed by atoms with E-state index >= 15 is 0 Å². The lowest BCUT2D eigenvalue weighted by atomic mass is 10.00. The largest absolute Gasteiger partial charge is 0.401 e. The second kappa shape index (κ2) is 5.14. The van der Waals surface area contributed by atoms with Crippen LogP contribution in [0.2, 0.25) is 0 Å². The van der Waals surface area contributed by atoms with Gasteiger partial charge in [-0.15, -0.1) is 0 Å². The average molecular weight is 250 g/mol. The van der Waals surface area contributed by atoms with Gasteiger partial charge in [0.25, 0.3) is 0 Å². The molecule has 100 valence electrons. The number of rotatable bonds is 5. The highest BCUT2D eigenvalue weighted by Crippen LogP contribution is 2.32. The van der Waals surface area contributed by atoms with Crippen LogP contribution in [0, 0.1) is 5.92 Å². The monoisotopic (exact) mass is 250 g/mol. The maximum atomic E-state index is 12.4. The van der Waals surface area contributed by atoms with E-state index in [1.807, 2.05) is 0 Å². The van der Waals surface area contributed by atoms with Crippen LogP contribution in [0.4, 0.5) is 13.2 Å². The van der Waals surface area contributed by atoms with Crippen molar-refractivity contribution in [1.29, 1.82) is 0 Å². The Balaban J connectivity index is 1.77. The smallest absolute Gasteiger partial charge is 0.327 e. The van der Waals surface area contributed by atoms with Crippen LogP contribution in [0.25, 0.3) is 0 Å². The third kappa shape index (κ3) is 4.14. The zero-order chi connectivity index (χ0) is 12.5. The van der Waals surface area contributed by atoms with Gasteiger partial charge in [0.2, 0.25) is 0 Å². The number of nitrogens with two attached hydrogens (primary N) is 1. The average Bonchev–Trinajstić information content (AvgIpc) is 2.97. The molecule has 0 aromatic heterocycles. The summed E-state index contributed by atoms with van der Waals surface area (Å²) < 4.78 is 37.2. The van der Waals surface area contributed by atoms with E-state index in [1.54, 1.807) is 4.90 Å². The number of halogens is 3. The maximum Gasteiger partial charge on any atom is 0.401 e. The van der Waals surface area contributed by atoms with Crippen LogP contribution < -0.4 is 5.73 Å². The van der Waals surface area contributed by atoms with E-state index in [0.29, 0.717) is 12.5 Å². The second-order valence-corrected chi connectivity index (χ2v) is 5.46. The highest BCUT2D eigenvalue weighted by atomic mass is 19.4. The molecule has 17 heavy (non-hydrogen) atoms. The summed E-state index contributed by atoms with van der Waals surface area (Å²) in [7, 11) is 0.